The molecule has 0 bridgehead atoms. The second-order valence-electron chi connectivity index (χ2n) is 5.90. The lowest BCUT2D eigenvalue weighted by Crippen LogP contribution is -2.31. The van der Waals surface area contributed by atoms with Crippen molar-refractivity contribution >= 4 is 37.5 Å². The van der Waals surface area contributed by atoms with E-state index in [-0.39, 0.29) is 18.9 Å². The number of para-hydroxylation sites is 1. The number of amides is 1. The number of nitrogens with zero attached hydrogens (tertiary/aromatic N) is 1. The predicted octanol–water partition coefficient (Wildman–Crippen LogP) is 2.60. The van der Waals surface area contributed by atoms with Crippen LogP contribution in [0, 0.1) is 11.6 Å². The van der Waals surface area contributed by atoms with Crippen molar-refractivity contribution < 1.29 is 22.0 Å². The second-order valence-corrected chi connectivity index (χ2v) is 8.78. The summed E-state index contributed by atoms with van der Waals surface area (Å²) >= 11 is 1.56. The van der Waals surface area contributed by atoms with E-state index in [1.165, 1.54) is 0 Å². The first-order valence-electron chi connectivity index (χ1n) is 8.41. The van der Waals surface area contributed by atoms with Gasteiger partial charge in [-0.1, -0.05) is 12.1 Å². The number of carbonyl (C=O) groups is 1. The maximum Gasteiger partial charge on any atom is 0.240 e. The molecule has 0 unspecified atom stereocenters. The molecule has 0 atom stereocenters. The van der Waals surface area contributed by atoms with Gasteiger partial charge in [-0.05, 0) is 30.3 Å². The van der Waals surface area contributed by atoms with Crippen LogP contribution >= 0.6 is 11.3 Å². The molecule has 148 valence electrons. The van der Waals surface area contributed by atoms with E-state index in [9.17, 15) is 22.0 Å². The molecule has 0 aliphatic rings. The van der Waals surface area contributed by atoms with Crippen LogP contribution in [0.1, 0.15) is 11.4 Å². The van der Waals surface area contributed by atoms with E-state index in [2.05, 4.69) is 15.0 Å². The normalized spacial score (nSPS) is 11.6. The SMILES string of the molecule is O=C(CCNS(=O)(=O)c1ccc(F)c(F)c1)NCCc1nc2ccccc2s1. The van der Waals surface area contributed by atoms with Crippen LogP contribution in [-0.4, -0.2) is 32.4 Å². The Labute approximate surface area is 164 Å². The zero-order chi connectivity index (χ0) is 20.1. The number of rotatable bonds is 8. The van der Waals surface area contributed by atoms with E-state index in [1.54, 1.807) is 11.3 Å². The number of carbonyl (C=O) groups excluding carboxylic acids is 1. The van der Waals surface area contributed by atoms with Crippen molar-refractivity contribution in [3.05, 3.63) is 59.1 Å². The highest BCUT2D eigenvalue weighted by molar-refractivity contribution is 7.89. The predicted molar refractivity (Wildman–Crippen MR) is 102 cm³/mol. The van der Waals surface area contributed by atoms with Crippen molar-refractivity contribution in [1.82, 2.24) is 15.0 Å². The minimum absolute atomic E-state index is 0.0806. The Kier molecular flexibility index (Phi) is 6.32. The zero-order valence-electron chi connectivity index (χ0n) is 14.6. The highest BCUT2D eigenvalue weighted by Gasteiger charge is 2.16. The molecule has 0 radical (unpaired) electrons. The van der Waals surface area contributed by atoms with Gasteiger partial charge in [0.1, 0.15) is 0 Å². The molecule has 6 nitrogen and oxygen atoms in total. The molecule has 0 aliphatic heterocycles. The van der Waals surface area contributed by atoms with Crippen molar-refractivity contribution in [2.24, 2.45) is 0 Å². The van der Waals surface area contributed by atoms with E-state index < -0.39 is 26.6 Å². The van der Waals surface area contributed by atoms with Gasteiger partial charge in [0, 0.05) is 25.9 Å². The van der Waals surface area contributed by atoms with E-state index in [0.29, 0.717) is 19.0 Å². The zero-order valence-corrected chi connectivity index (χ0v) is 16.2. The Morgan fingerprint density at radius 2 is 1.86 bits per heavy atom. The van der Waals surface area contributed by atoms with Crippen LogP contribution in [0.4, 0.5) is 8.78 Å². The lowest BCUT2D eigenvalue weighted by Gasteiger charge is -2.07. The molecule has 0 spiro atoms. The third-order valence-electron chi connectivity index (χ3n) is 3.84. The van der Waals surface area contributed by atoms with Crippen LogP contribution in [0.2, 0.25) is 0 Å². The highest BCUT2D eigenvalue weighted by atomic mass is 32.2. The van der Waals surface area contributed by atoms with Gasteiger partial charge in [0.05, 0.1) is 20.1 Å². The molecule has 3 rings (SSSR count). The molecule has 2 N–H and O–H groups in total. The minimum Gasteiger partial charge on any atom is -0.356 e. The molecule has 10 heteroatoms. The third kappa shape index (κ3) is 5.09. The Morgan fingerprint density at radius 1 is 1.07 bits per heavy atom. The Balaban J connectivity index is 1.43. The number of hydrogen-bond donors (Lipinski definition) is 2. The van der Waals surface area contributed by atoms with Crippen molar-refractivity contribution in [3.63, 3.8) is 0 Å². The first-order valence-corrected chi connectivity index (χ1v) is 10.7. The lowest BCUT2D eigenvalue weighted by atomic mass is 10.3. The summed E-state index contributed by atoms with van der Waals surface area (Å²) in [5, 5.41) is 3.60. The summed E-state index contributed by atoms with van der Waals surface area (Å²) in [5.41, 5.74) is 0.917. The van der Waals surface area contributed by atoms with Gasteiger partial charge in [-0.25, -0.2) is 26.9 Å². The molecule has 28 heavy (non-hydrogen) atoms. The number of thiazole rings is 1. The fourth-order valence-electron chi connectivity index (χ4n) is 2.45. The summed E-state index contributed by atoms with van der Waals surface area (Å²) in [7, 11) is -4.02. The van der Waals surface area contributed by atoms with Gasteiger partial charge in [-0.15, -0.1) is 11.3 Å². The summed E-state index contributed by atoms with van der Waals surface area (Å²) in [4.78, 5) is 15.9. The average molecular weight is 425 g/mol. The number of fused-ring (bicyclic) bond motifs is 1. The van der Waals surface area contributed by atoms with Crippen molar-refractivity contribution in [1.29, 1.82) is 0 Å². The third-order valence-corrected chi connectivity index (χ3v) is 6.40. The molecule has 1 aromatic heterocycles. The number of sulfonamides is 1. The average Bonchev–Trinajstić information content (AvgIpc) is 3.06. The quantitative estimate of drug-likeness (QED) is 0.581. The lowest BCUT2D eigenvalue weighted by molar-refractivity contribution is -0.120. The monoisotopic (exact) mass is 425 g/mol. The number of nitrogens with one attached hydrogen (secondary N) is 2. The van der Waals surface area contributed by atoms with E-state index >= 15 is 0 Å². The van der Waals surface area contributed by atoms with Crippen LogP contribution in [-0.2, 0) is 21.2 Å². The smallest absolute Gasteiger partial charge is 0.240 e. The molecule has 0 aliphatic carbocycles. The number of aromatic nitrogens is 1. The van der Waals surface area contributed by atoms with Gasteiger partial charge in [-0.3, -0.25) is 4.79 Å². The van der Waals surface area contributed by atoms with Gasteiger partial charge < -0.3 is 5.32 Å². The largest absolute Gasteiger partial charge is 0.356 e. The first-order chi connectivity index (χ1) is 13.3. The minimum atomic E-state index is -4.02. The highest BCUT2D eigenvalue weighted by Crippen LogP contribution is 2.21. The molecular weight excluding hydrogens is 408 g/mol. The molecule has 3 aromatic rings. The van der Waals surface area contributed by atoms with E-state index in [4.69, 9.17) is 0 Å². The second kappa shape index (κ2) is 8.72. The summed E-state index contributed by atoms with van der Waals surface area (Å²) in [5.74, 6) is -2.71. The van der Waals surface area contributed by atoms with Gasteiger partial charge >= 0.3 is 0 Å². The van der Waals surface area contributed by atoms with E-state index in [1.807, 2.05) is 24.3 Å². The van der Waals surface area contributed by atoms with Gasteiger partial charge in [0.2, 0.25) is 15.9 Å². The molecule has 1 amide bonds. The molecular formula is C18H17F2N3O3S2. The van der Waals surface area contributed by atoms with Crippen LogP contribution in [0.3, 0.4) is 0 Å². The Hall–Kier alpha value is -2.43. The Bertz CT molecular complexity index is 1070. The van der Waals surface area contributed by atoms with Crippen LogP contribution in [0.5, 0.6) is 0 Å². The number of halogens is 2. The number of benzene rings is 2. The Morgan fingerprint density at radius 3 is 2.61 bits per heavy atom. The number of hydrogen-bond acceptors (Lipinski definition) is 5. The topological polar surface area (TPSA) is 88.2 Å². The van der Waals surface area contributed by atoms with Crippen molar-refractivity contribution in [2.45, 2.75) is 17.7 Å². The van der Waals surface area contributed by atoms with E-state index in [0.717, 1.165) is 27.4 Å². The molecule has 1 heterocycles. The van der Waals surface area contributed by atoms with Gasteiger partial charge in [-0.2, -0.15) is 0 Å². The maximum absolute atomic E-state index is 13.2. The van der Waals surface area contributed by atoms with Crippen LogP contribution in [0.15, 0.2) is 47.4 Å². The first kappa shape index (κ1) is 20.3. The summed E-state index contributed by atoms with van der Waals surface area (Å²) < 4.78 is 53.4. The molecule has 0 saturated carbocycles. The van der Waals surface area contributed by atoms with Gasteiger partial charge in [0.15, 0.2) is 11.6 Å². The molecule has 0 fully saturated rings. The van der Waals surface area contributed by atoms with Gasteiger partial charge in [0.25, 0.3) is 0 Å². The van der Waals surface area contributed by atoms with Crippen molar-refractivity contribution in [3.8, 4) is 0 Å². The summed E-state index contributed by atoms with van der Waals surface area (Å²) in [6.45, 7) is 0.225. The summed E-state index contributed by atoms with van der Waals surface area (Å²) in [6, 6.07) is 10.0. The molecule has 2 aromatic carbocycles. The standard InChI is InChI=1S/C18H17F2N3O3S2/c19-13-6-5-12(11-14(13)20)28(25,26)22-10-7-17(24)21-9-8-18-23-15-3-1-2-4-16(15)27-18/h1-6,11,22H,7-10H2,(H,21,24). The molecule has 0 saturated heterocycles. The maximum atomic E-state index is 13.2. The fourth-order valence-corrected chi connectivity index (χ4v) is 4.46. The van der Waals surface area contributed by atoms with Crippen molar-refractivity contribution in [2.75, 3.05) is 13.1 Å². The van der Waals surface area contributed by atoms with Crippen LogP contribution < -0.4 is 10.0 Å². The summed E-state index contributed by atoms with van der Waals surface area (Å²) in [6.07, 6.45) is 0.494. The fraction of sp³-hybridized carbons (Fsp3) is 0.222. The van der Waals surface area contributed by atoms with Crippen LogP contribution in [0.25, 0.3) is 10.2 Å².